The number of carbonyl (C=O) groups excluding carboxylic acids is 1. The van der Waals surface area contributed by atoms with Crippen LogP contribution in [0, 0.1) is 6.92 Å². The highest BCUT2D eigenvalue weighted by Gasteiger charge is 2.20. The number of sulfonamides is 1. The van der Waals surface area contributed by atoms with Gasteiger partial charge < -0.3 is 10.2 Å². The van der Waals surface area contributed by atoms with E-state index in [1.54, 1.807) is 19.1 Å². The molecule has 0 aliphatic heterocycles. The number of hydrogen-bond donors (Lipinski definition) is 1. The molecule has 2 aromatic rings. The third kappa shape index (κ3) is 4.62. The van der Waals surface area contributed by atoms with Crippen LogP contribution in [0.15, 0.2) is 53.4 Å². The summed E-state index contributed by atoms with van der Waals surface area (Å²) in [5, 5.41) is 2.79. The molecule has 6 nitrogen and oxygen atoms in total. The fourth-order valence-corrected chi connectivity index (χ4v) is 3.70. The van der Waals surface area contributed by atoms with Gasteiger partial charge in [0.05, 0.1) is 11.4 Å². The Balaban J connectivity index is 2.17. The molecule has 0 bridgehead atoms. The number of hydrogen-bond acceptors (Lipinski definition) is 4. The van der Waals surface area contributed by atoms with E-state index >= 15 is 0 Å². The average molecular weight is 375 g/mol. The summed E-state index contributed by atoms with van der Waals surface area (Å²) in [4.78, 5) is 14.6. The number of rotatable bonds is 7. The van der Waals surface area contributed by atoms with Gasteiger partial charge >= 0.3 is 0 Å². The van der Waals surface area contributed by atoms with Gasteiger partial charge in [0, 0.05) is 32.0 Å². The number of aryl methyl sites for hydroxylation is 1. The van der Waals surface area contributed by atoms with E-state index in [-0.39, 0.29) is 17.3 Å². The zero-order valence-electron chi connectivity index (χ0n) is 15.6. The molecule has 0 aliphatic carbocycles. The molecule has 0 aliphatic rings. The first-order chi connectivity index (χ1) is 12.3. The lowest BCUT2D eigenvalue weighted by molar-refractivity contribution is -0.115. The first-order valence-corrected chi connectivity index (χ1v) is 9.82. The van der Waals surface area contributed by atoms with Crippen molar-refractivity contribution >= 4 is 27.3 Å². The van der Waals surface area contributed by atoms with Crippen LogP contribution in [-0.4, -0.2) is 45.8 Å². The maximum Gasteiger partial charge on any atom is 0.243 e. The second-order valence-corrected chi connectivity index (χ2v) is 8.29. The quantitative estimate of drug-likeness (QED) is 0.808. The molecule has 0 atom stereocenters. The summed E-state index contributed by atoms with van der Waals surface area (Å²) in [7, 11) is -0.595. The van der Waals surface area contributed by atoms with Crippen molar-refractivity contribution in [3.63, 3.8) is 0 Å². The summed E-state index contributed by atoms with van der Waals surface area (Å²) in [6.07, 6.45) is 0. The molecule has 26 heavy (non-hydrogen) atoms. The summed E-state index contributed by atoms with van der Waals surface area (Å²) < 4.78 is 26.0. The lowest BCUT2D eigenvalue weighted by Gasteiger charge is -2.22. The van der Waals surface area contributed by atoms with Crippen LogP contribution in [0.1, 0.15) is 12.5 Å². The molecule has 0 aromatic heterocycles. The standard InChI is InChI=1S/C19H25N3O3S/c1-5-22(17-9-7-6-8-10-17)14-19(23)20-16-12-11-15(2)18(13-16)26(24,25)21(3)4/h6-13H,5,14H2,1-4H3,(H,20,23). The van der Waals surface area contributed by atoms with Crippen LogP contribution < -0.4 is 10.2 Å². The number of carbonyl (C=O) groups is 1. The van der Waals surface area contributed by atoms with Crippen LogP contribution in [0.2, 0.25) is 0 Å². The number of nitrogens with zero attached hydrogens (tertiary/aromatic N) is 2. The fourth-order valence-electron chi connectivity index (χ4n) is 2.55. The van der Waals surface area contributed by atoms with Crippen LogP contribution in [0.5, 0.6) is 0 Å². The normalized spacial score (nSPS) is 11.4. The number of anilines is 2. The van der Waals surface area contributed by atoms with Gasteiger partial charge in [0.25, 0.3) is 0 Å². The first kappa shape index (κ1) is 19.9. The molecule has 0 fully saturated rings. The predicted octanol–water partition coefficient (Wildman–Crippen LogP) is 2.71. The Bertz CT molecular complexity index is 865. The SMILES string of the molecule is CCN(CC(=O)Nc1ccc(C)c(S(=O)(=O)N(C)C)c1)c1ccccc1. The van der Waals surface area contributed by atoms with Gasteiger partial charge in [0.1, 0.15) is 0 Å². The van der Waals surface area contributed by atoms with Crippen LogP contribution >= 0.6 is 0 Å². The second-order valence-electron chi connectivity index (χ2n) is 6.17. The highest BCUT2D eigenvalue weighted by Crippen LogP contribution is 2.22. The van der Waals surface area contributed by atoms with Crippen molar-refractivity contribution in [2.75, 3.05) is 37.4 Å². The van der Waals surface area contributed by atoms with E-state index in [1.807, 2.05) is 42.2 Å². The number of amides is 1. The summed E-state index contributed by atoms with van der Waals surface area (Å²) in [6, 6.07) is 14.6. The second kappa shape index (κ2) is 8.33. The molecule has 1 N–H and O–H groups in total. The van der Waals surface area contributed by atoms with Gasteiger partial charge in [0.2, 0.25) is 15.9 Å². The summed E-state index contributed by atoms with van der Waals surface area (Å²) in [6.45, 7) is 4.58. The van der Waals surface area contributed by atoms with Gasteiger partial charge in [-0.15, -0.1) is 0 Å². The molecular weight excluding hydrogens is 350 g/mol. The van der Waals surface area contributed by atoms with Gasteiger partial charge in [-0.3, -0.25) is 4.79 Å². The minimum absolute atomic E-state index is 0.185. The lowest BCUT2D eigenvalue weighted by atomic mass is 10.2. The molecule has 2 rings (SSSR count). The molecule has 0 spiro atoms. The molecule has 140 valence electrons. The molecule has 0 unspecified atom stereocenters. The molecule has 2 aromatic carbocycles. The summed E-state index contributed by atoms with van der Waals surface area (Å²) in [5.41, 5.74) is 2.06. The monoisotopic (exact) mass is 375 g/mol. The van der Waals surface area contributed by atoms with E-state index in [1.165, 1.54) is 20.2 Å². The minimum atomic E-state index is -3.56. The highest BCUT2D eigenvalue weighted by molar-refractivity contribution is 7.89. The van der Waals surface area contributed by atoms with Crippen molar-refractivity contribution in [2.24, 2.45) is 0 Å². The smallest absolute Gasteiger partial charge is 0.243 e. The van der Waals surface area contributed by atoms with Gasteiger partial charge in [-0.25, -0.2) is 12.7 Å². The maximum atomic E-state index is 12.4. The zero-order valence-corrected chi connectivity index (χ0v) is 16.4. The largest absolute Gasteiger partial charge is 0.362 e. The maximum absolute atomic E-state index is 12.4. The van der Waals surface area contributed by atoms with Gasteiger partial charge in [-0.05, 0) is 43.7 Å². The lowest BCUT2D eigenvalue weighted by Crippen LogP contribution is -2.33. The number of likely N-dealkylation sites (N-methyl/N-ethyl adjacent to an activating group) is 1. The molecule has 0 saturated carbocycles. The Morgan fingerprint density at radius 3 is 2.31 bits per heavy atom. The molecule has 0 heterocycles. The van der Waals surface area contributed by atoms with Gasteiger partial charge in [-0.2, -0.15) is 0 Å². The van der Waals surface area contributed by atoms with E-state index in [0.29, 0.717) is 17.8 Å². The van der Waals surface area contributed by atoms with E-state index in [2.05, 4.69) is 5.32 Å². The Hall–Kier alpha value is -2.38. The van der Waals surface area contributed by atoms with Crippen molar-refractivity contribution in [1.82, 2.24) is 4.31 Å². The van der Waals surface area contributed by atoms with E-state index in [4.69, 9.17) is 0 Å². The van der Waals surface area contributed by atoms with E-state index in [0.717, 1.165) is 9.99 Å². The van der Waals surface area contributed by atoms with Crippen LogP contribution in [-0.2, 0) is 14.8 Å². The molecule has 0 saturated heterocycles. The van der Waals surface area contributed by atoms with Crippen molar-refractivity contribution in [1.29, 1.82) is 0 Å². The summed E-state index contributed by atoms with van der Waals surface area (Å²) >= 11 is 0. The number of para-hydroxylation sites is 1. The Labute approximate surface area is 155 Å². The minimum Gasteiger partial charge on any atom is -0.362 e. The van der Waals surface area contributed by atoms with Crippen molar-refractivity contribution in [3.8, 4) is 0 Å². The average Bonchev–Trinajstić information content (AvgIpc) is 2.61. The molecule has 0 radical (unpaired) electrons. The number of benzene rings is 2. The van der Waals surface area contributed by atoms with Gasteiger partial charge in [-0.1, -0.05) is 24.3 Å². The van der Waals surface area contributed by atoms with Crippen LogP contribution in [0.3, 0.4) is 0 Å². The third-order valence-corrected chi connectivity index (χ3v) is 6.03. The molecule has 1 amide bonds. The van der Waals surface area contributed by atoms with E-state index < -0.39 is 10.0 Å². The molecular formula is C19H25N3O3S. The first-order valence-electron chi connectivity index (χ1n) is 8.38. The Morgan fingerprint density at radius 1 is 1.08 bits per heavy atom. The summed E-state index contributed by atoms with van der Waals surface area (Å²) in [5.74, 6) is -0.201. The third-order valence-electron chi connectivity index (χ3n) is 4.07. The van der Waals surface area contributed by atoms with Crippen molar-refractivity contribution in [3.05, 3.63) is 54.1 Å². The van der Waals surface area contributed by atoms with Crippen LogP contribution in [0.4, 0.5) is 11.4 Å². The van der Waals surface area contributed by atoms with Crippen molar-refractivity contribution in [2.45, 2.75) is 18.7 Å². The van der Waals surface area contributed by atoms with Crippen molar-refractivity contribution < 1.29 is 13.2 Å². The molecule has 7 heteroatoms. The highest BCUT2D eigenvalue weighted by atomic mass is 32.2. The zero-order chi connectivity index (χ0) is 19.3. The van der Waals surface area contributed by atoms with Gasteiger partial charge in [0.15, 0.2) is 0 Å². The topological polar surface area (TPSA) is 69.7 Å². The Kier molecular flexibility index (Phi) is 6.39. The van der Waals surface area contributed by atoms with Crippen LogP contribution in [0.25, 0.3) is 0 Å². The number of nitrogens with one attached hydrogen (secondary N) is 1. The predicted molar refractivity (Wildman–Crippen MR) is 105 cm³/mol. The fraction of sp³-hybridized carbons (Fsp3) is 0.316. The Morgan fingerprint density at radius 2 is 1.73 bits per heavy atom. The van der Waals surface area contributed by atoms with E-state index in [9.17, 15) is 13.2 Å².